The number of amides is 1. The van der Waals surface area contributed by atoms with Crippen LogP contribution in [0.15, 0.2) is 84.9 Å². The Labute approximate surface area is 166 Å². The molecular weight excluding hydrogens is 346 g/mol. The zero-order valence-electron chi connectivity index (χ0n) is 16.1. The van der Waals surface area contributed by atoms with Crippen molar-refractivity contribution in [1.82, 2.24) is 5.32 Å². The number of carbonyl (C=O) groups excluding carboxylic acids is 2. The molecule has 0 aliphatic heterocycles. The molecule has 0 heterocycles. The number of hydrogen-bond acceptors (Lipinski definition) is 2. The van der Waals surface area contributed by atoms with E-state index in [-0.39, 0.29) is 30.6 Å². The van der Waals surface area contributed by atoms with E-state index in [0.29, 0.717) is 12.0 Å². The van der Waals surface area contributed by atoms with E-state index in [0.717, 1.165) is 16.7 Å². The van der Waals surface area contributed by atoms with E-state index >= 15 is 0 Å². The number of carbonyl (C=O) groups is 2. The molecule has 0 aliphatic carbocycles. The second-order valence-electron chi connectivity index (χ2n) is 7.01. The fraction of sp³-hybridized carbons (Fsp3) is 0.200. The van der Waals surface area contributed by atoms with Gasteiger partial charge in [0.2, 0.25) is 5.91 Å². The lowest BCUT2D eigenvalue weighted by molar-refractivity contribution is -0.121. The number of hydrogen-bond donors (Lipinski definition) is 1. The Morgan fingerprint density at radius 2 is 1.39 bits per heavy atom. The molecule has 0 aliphatic rings. The largest absolute Gasteiger partial charge is 0.349 e. The molecule has 3 aromatic carbocycles. The number of ketones is 1. The highest BCUT2D eigenvalue weighted by molar-refractivity contribution is 5.98. The van der Waals surface area contributed by atoms with Crippen molar-refractivity contribution < 1.29 is 9.59 Å². The molecular formula is C25H25NO2. The first-order valence-electron chi connectivity index (χ1n) is 9.60. The highest BCUT2D eigenvalue weighted by Crippen LogP contribution is 2.19. The first-order chi connectivity index (χ1) is 13.6. The molecule has 0 spiro atoms. The van der Waals surface area contributed by atoms with Crippen LogP contribution < -0.4 is 5.32 Å². The van der Waals surface area contributed by atoms with Crippen LogP contribution >= 0.6 is 0 Å². The molecule has 28 heavy (non-hydrogen) atoms. The molecule has 0 fully saturated rings. The maximum absolute atomic E-state index is 12.5. The van der Waals surface area contributed by atoms with E-state index in [1.165, 1.54) is 0 Å². The van der Waals surface area contributed by atoms with Crippen LogP contribution in [0.3, 0.4) is 0 Å². The molecule has 1 atom stereocenters. The number of nitrogens with one attached hydrogen (secondary N) is 1. The van der Waals surface area contributed by atoms with Gasteiger partial charge in [-0.2, -0.15) is 0 Å². The Morgan fingerprint density at radius 3 is 2.04 bits per heavy atom. The molecule has 142 valence electrons. The van der Waals surface area contributed by atoms with Crippen LogP contribution in [-0.2, 0) is 11.2 Å². The van der Waals surface area contributed by atoms with Gasteiger partial charge >= 0.3 is 0 Å². The molecule has 0 saturated heterocycles. The predicted octanol–water partition coefficient (Wildman–Crippen LogP) is 5.06. The highest BCUT2D eigenvalue weighted by Gasteiger charge is 2.16. The van der Waals surface area contributed by atoms with Crippen molar-refractivity contribution in [3.63, 3.8) is 0 Å². The number of rotatable bonds is 8. The van der Waals surface area contributed by atoms with Gasteiger partial charge in [0.25, 0.3) is 0 Å². The van der Waals surface area contributed by atoms with Gasteiger partial charge in [0, 0.05) is 18.4 Å². The number of aryl methyl sites for hydroxylation is 1. The van der Waals surface area contributed by atoms with E-state index in [1.54, 1.807) is 0 Å². The van der Waals surface area contributed by atoms with Gasteiger partial charge in [0.05, 0.1) is 6.04 Å². The van der Waals surface area contributed by atoms with Crippen LogP contribution in [0.4, 0.5) is 0 Å². The fourth-order valence-electron chi connectivity index (χ4n) is 3.16. The minimum Gasteiger partial charge on any atom is -0.349 e. The van der Waals surface area contributed by atoms with Crippen LogP contribution in [0.1, 0.15) is 45.9 Å². The Hall–Kier alpha value is -3.20. The second kappa shape index (κ2) is 9.65. The van der Waals surface area contributed by atoms with Crippen molar-refractivity contribution >= 4 is 11.7 Å². The van der Waals surface area contributed by atoms with Crippen molar-refractivity contribution in [3.8, 4) is 0 Å². The fourth-order valence-corrected chi connectivity index (χ4v) is 3.16. The summed E-state index contributed by atoms with van der Waals surface area (Å²) >= 11 is 0. The van der Waals surface area contributed by atoms with Gasteiger partial charge in [0.15, 0.2) is 5.78 Å². The maximum atomic E-state index is 12.5. The maximum Gasteiger partial charge on any atom is 0.220 e. The molecule has 0 saturated carbocycles. The van der Waals surface area contributed by atoms with Gasteiger partial charge in [-0.25, -0.2) is 0 Å². The zero-order chi connectivity index (χ0) is 19.8. The summed E-state index contributed by atoms with van der Waals surface area (Å²) in [6.45, 7) is 1.98. The monoisotopic (exact) mass is 371 g/mol. The van der Waals surface area contributed by atoms with Crippen LogP contribution in [0, 0.1) is 6.92 Å². The Kier molecular flexibility index (Phi) is 6.74. The molecule has 0 radical (unpaired) electrons. The quantitative estimate of drug-likeness (QED) is 0.563. The van der Waals surface area contributed by atoms with E-state index < -0.39 is 0 Å². The molecule has 3 aromatic rings. The average Bonchev–Trinajstić information content (AvgIpc) is 2.73. The summed E-state index contributed by atoms with van der Waals surface area (Å²) in [7, 11) is 0. The Bertz CT molecular complexity index is 902. The normalized spacial score (nSPS) is 11.6. The summed E-state index contributed by atoms with van der Waals surface area (Å²) in [5.74, 6) is -0.111. The highest BCUT2D eigenvalue weighted by atomic mass is 16.2. The van der Waals surface area contributed by atoms with E-state index in [1.807, 2.05) is 79.7 Å². The topological polar surface area (TPSA) is 46.2 Å². The summed E-state index contributed by atoms with van der Waals surface area (Å²) < 4.78 is 0. The Morgan fingerprint density at radius 1 is 0.786 bits per heavy atom. The van der Waals surface area contributed by atoms with Gasteiger partial charge in [-0.15, -0.1) is 0 Å². The van der Waals surface area contributed by atoms with Gasteiger partial charge in [-0.05, 0) is 24.5 Å². The average molecular weight is 371 g/mol. The van der Waals surface area contributed by atoms with Crippen molar-refractivity contribution in [2.75, 3.05) is 0 Å². The lowest BCUT2D eigenvalue weighted by atomic mass is 9.98. The molecule has 0 aromatic heterocycles. The van der Waals surface area contributed by atoms with Gasteiger partial charge in [-0.3, -0.25) is 9.59 Å². The minimum absolute atomic E-state index is 0.00512. The summed E-state index contributed by atoms with van der Waals surface area (Å²) in [5.41, 5.74) is 3.99. The standard InChI is InChI=1S/C25H25NO2/c1-19-12-14-22(15-13-19)24(27)16-17-25(28)26-23(21-10-6-3-7-11-21)18-20-8-4-2-5-9-20/h2-15,23H,16-18H2,1H3,(H,26,28)/t23-/m0/s1. The van der Waals surface area contributed by atoms with Crippen molar-refractivity contribution in [2.24, 2.45) is 0 Å². The molecule has 3 nitrogen and oxygen atoms in total. The lowest BCUT2D eigenvalue weighted by Gasteiger charge is -2.19. The van der Waals surface area contributed by atoms with Crippen molar-refractivity contribution in [3.05, 3.63) is 107 Å². The van der Waals surface area contributed by atoms with Crippen molar-refractivity contribution in [1.29, 1.82) is 0 Å². The van der Waals surface area contributed by atoms with Crippen LogP contribution in [0.25, 0.3) is 0 Å². The summed E-state index contributed by atoms with van der Waals surface area (Å²) in [5, 5.41) is 3.11. The Balaban J connectivity index is 1.62. The summed E-state index contributed by atoms with van der Waals surface area (Å²) in [6.07, 6.45) is 1.11. The van der Waals surface area contributed by atoms with Gasteiger partial charge in [-0.1, -0.05) is 90.5 Å². The third kappa shape index (κ3) is 5.65. The molecule has 1 amide bonds. The SMILES string of the molecule is Cc1ccc(C(=O)CCC(=O)N[C@@H](Cc2ccccc2)c2ccccc2)cc1. The second-order valence-corrected chi connectivity index (χ2v) is 7.01. The van der Waals surface area contributed by atoms with Crippen molar-refractivity contribution in [2.45, 2.75) is 32.2 Å². The predicted molar refractivity (Wildman–Crippen MR) is 112 cm³/mol. The summed E-state index contributed by atoms with van der Waals surface area (Å²) in [6, 6.07) is 27.4. The summed E-state index contributed by atoms with van der Waals surface area (Å²) in [4.78, 5) is 24.9. The number of Topliss-reactive ketones (excluding diaryl/α,β-unsaturated/α-hetero) is 1. The first kappa shape index (κ1) is 19.6. The lowest BCUT2D eigenvalue weighted by Crippen LogP contribution is -2.30. The van der Waals surface area contributed by atoms with Gasteiger partial charge in [0.1, 0.15) is 0 Å². The third-order valence-electron chi connectivity index (χ3n) is 4.77. The smallest absolute Gasteiger partial charge is 0.220 e. The molecule has 3 rings (SSSR count). The first-order valence-corrected chi connectivity index (χ1v) is 9.60. The van der Waals surface area contributed by atoms with Gasteiger partial charge < -0.3 is 5.32 Å². The minimum atomic E-state index is -0.120. The molecule has 1 N–H and O–H groups in total. The molecule has 0 unspecified atom stereocenters. The van der Waals surface area contributed by atoms with Crippen LogP contribution in [-0.4, -0.2) is 11.7 Å². The van der Waals surface area contributed by atoms with E-state index in [9.17, 15) is 9.59 Å². The van der Waals surface area contributed by atoms with E-state index in [4.69, 9.17) is 0 Å². The van der Waals surface area contributed by atoms with Crippen LogP contribution in [0.2, 0.25) is 0 Å². The molecule has 3 heteroatoms. The van der Waals surface area contributed by atoms with Crippen LogP contribution in [0.5, 0.6) is 0 Å². The number of benzene rings is 3. The van der Waals surface area contributed by atoms with E-state index in [2.05, 4.69) is 17.4 Å². The molecule has 0 bridgehead atoms. The third-order valence-corrected chi connectivity index (χ3v) is 4.77. The zero-order valence-corrected chi connectivity index (χ0v) is 16.1.